The third-order valence-corrected chi connectivity index (χ3v) is 4.03. The molecule has 1 heterocycles. The first-order valence-corrected chi connectivity index (χ1v) is 7.62. The highest BCUT2D eigenvalue weighted by Gasteiger charge is 2.21. The molecule has 2 rings (SSSR count). The number of amides is 1. The SMILES string of the molecule is Cc1cccc(C)c1OCCNC(=O)C1CSCN1. The molecule has 2 N–H and O–H groups in total. The van der Waals surface area contributed by atoms with Crippen LogP contribution in [0.2, 0.25) is 0 Å². The Morgan fingerprint density at radius 3 is 2.84 bits per heavy atom. The molecule has 5 heteroatoms. The molecule has 1 aromatic carbocycles. The molecular formula is C14H20N2O2S. The Hall–Kier alpha value is -1.20. The van der Waals surface area contributed by atoms with E-state index in [1.165, 1.54) is 0 Å². The summed E-state index contributed by atoms with van der Waals surface area (Å²) in [5.74, 6) is 2.70. The lowest BCUT2D eigenvalue weighted by molar-refractivity contribution is -0.122. The molecule has 1 aliphatic heterocycles. The maximum atomic E-state index is 11.7. The zero-order chi connectivity index (χ0) is 13.7. The second-order valence-electron chi connectivity index (χ2n) is 4.63. The molecule has 4 nitrogen and oxygen atoms in total. The van der Waals surface area contributed by atoms with E-state index in [0.717, 1.165) is 28.5 Å². The molecule has 1 atom stereocenters. The van der Waals surface area contributed by atoms with Crippen LogP contribution in [0.5, 0.6) is 5.75 Å². The van der Waals surface area contributed by atoms with Gasteiger partial charge in [-0.1, -0.05) is 18.2 Å². The topological polar surface area (TPSA) is 50.4 Å². The van der Waals surface area contributed by atoms with Crippen LogP contribution < -0.4 is 15.4 Å². The zero-order valence-electron chi connectivity index (χ0n) is 11.4. The molecule has 1 amide bonds. The number of hydrogen-bond acceptors (Lipinski definition) is 4. The maximum Gasteiger partial charge on any atom is 0.238 e. The number of carbonyl (C=O) groups excluding carboxylic acids is 1. The minimum atomic E-state index is -0.0507. The van der Waals surface area contributed by atoms with E-state index in [4.69, 9.17) is 4.74 Å². The molecule has 1 aromatic rings. The van der Waals surface area contributed by atoms with E-state index in [2.05, 4.69) is 10.6 Å². The van der Waals surface area contributed by atoms with Gasteiger partial charge in [0.05, 0.1) is 12.6 Å². The van der Waals surface area contributed by atoms with E-state index < -0.39 is 0 Å². The van der Waals surface area contributed by atoms with Crippen molar-refractivity contribution in [2.75, 3.05) is 24.8 Å². The van der Waals surface area contributed by atoms with Gasteiger partial charge in [0.25, 0.3) is 0 Å². The van der Waals surface area contributed by atoms with Gasteiger partial charge in [-0.2, -0.15) is 0 Å². The molecule has 1 saturated heterocycles. The molecule has 0 radical (unpaired) electrons. The van der Waals surface area contributed by atoms with E-state index in [9.17, 15) is 4.79 Å². The van der Waals surface area contributed by atoms with Gasteiger partial charge in [-0.15, -0.1) is 11.8 Å². The van der Waals surface area contributed by atoms with Crippen LogP contribution in [0.15, 0.2) is 18.2 Å². The van der Waals surface area contributed by atoms with Gasteiger partial charge in [0.2, 0.25) is 5.91 Å². The second kappa shape index (κ2) is 6.82. The number of benzene rings is 1. The summed E-state index contributed by atoms with van der Waals surface area (Å²) in [6.07, 6.45) is 0. The highest BCUT2D eigenvalue weighted by molar-refractivity contribution is 7.99. The van der Waals surface area contributed by atoms with Crippen molar-refractivity contribution in [2.24, 2.45) is 0 Å². The summed E-state index contributed by atoms with van der Waals surface area (Å²) < 4.78 is 5.74. The van der Waals surface area contributed by atoms with Crippen molar-refractivity contribution < 1.29 is 9.53 Å². The molecule has 0 saturated carbocycles. The van der Waals surface area contributed by atoms with E-state index >= 15 is 0 Å². The van der Waals surface area contributed by atoms with Crippen LogP contribution in [0.1, 0.15) is 11.1 Å². The number of carbonyl (C=O) groups is 1. The molecule has 1 unspecified atom stereocenters. The van der Waals surface area contributed by atoms with Crippen molar-refractivity contribution in [3.63, 3.8) is 0 Å². The van der Waals surface area contributed by atoms with Crippen molar-refractivity contribution in [1.29, 1.82) is 0 Å². The van der Waals surface area contributed by atoms with Crippen molar-refractivity contribution >= 4 is 17.7 Å². The van der Waals surface area contributed by atoms with Crippen molar-refractivity contribution in [3.05, 3.63) is 29.3 Å². The Bertz CT molecular complexity index is 425. The lowest BCUT2D eigenvalue weighted by Crippen LogP contribution is -2.43. The molecule has 0 aliphatic carbocycles. The number of para-hydroxylation sites is 1. The third-order valence-electron chi connectivity index (χ3n) is 3.09. The smallest absolute Gasteiger partial charge is 0.238 e. The van der Waals surface area contributed by atoms with E-state index in [0.29, 0.717) is 13.2 Å². The first kappa shape index (κ1) is 14.2. The van der Waals surface area contributed by atoms with Crippen LogP contribution in [0.25, 0.3) is 0 Å². The summed E-state index contributed by atoms with van der Waals surface area (Å²) in [4.78, 5) is 11.7. The molecule has 0 aromatic heterocycles. The van der Waals surface area contributed by atoms with Gasteiger partial charge in [0, 0.05) is 11.6 Å². The van der Waals surface area contributed by atoms with Gasteiger partial charge < -0.3 is 10.1 Å². The lowest BCUT2D eigenvalue weighted by Gasteiger charge is -2.13. The molecular weight excluding hydrogens is 260 g/mol. The Kier molecular flexibility index (Phi) is 5.10. The van der Waals surface area contributed by atoms with E-state index in [1.54, 1.807) is 11.8 Å². The molecule has 0 spiro atoms. The second-order valence-corrected chi connectivity index (χ2v) is 5.66. The highest BCUT2D eigenvalue weighted by Crippen LogP contribution is 2.21. The molecule has 1 aliphatic rings. The molecule has 1 fully saturated rings. The number of nitrogens with one attached hydrogen (secondary N) is 2. The summed E-state index contributed by atoms with van der Waals surface area (Å²) in [5.41, 5.74) is 2.25. The number of ether oxygens (including phenoxy) is 1. The van der Waals surface area contributed by atoms with Gasteiger partial charge in [-0.3, -0.25) is 10.1 Å². The van der Waals surface area contributed by atoms with Gasteiger partial charge >= 0.3 is 0 Å². The van der Waals surface area contributed by atoms with Gasteiger partial charge in [0.15, 0.2) is 0 Å². The van der Waals surface area contributed by atoms with E-state index in [-0.39, 0.29) is 11.9 Å². The van der Waals surface area contributed by atoms with E-state index in [1.807, 2.05) is 32.0 Å². The zero-order valence-corrected chi connectivity index (χ0v) is 12.2. The summed E-state index contributed by atoms with van der Waals surface area (Å²) in [6, 6.07) is 6.02. The molecule has 104 valence electrons. The number of hydrogen-bond donors (Lipinski definition) is 2. The molecule has 19 heavy (non-hydrogen) atoms. The minimum absolute atomic E-state index is 0.0507. The summed E-state index contributed by atoms with van der Waals surface area (Å²) in [7, 11) is 0. The average Bonchev–Trinajstić information content (AvgIpc) is 2.91. The predicted octanol–water partition coefficient (Wildman–Crippen LogP) is 1.46. The van der Waals surface area contributed by atoms with Crippen LogP contribution in [0.3, 0.4) is 0 Å². The Morgan fingerprint density at radius 2 is 2.21 bits per heavy atom. The highest BCUT2D eigenvalue weighted by atomic mass is 32.2. The fraction of sp³-hybridized carbons (Fsp3) is 0.500. The predicted molar refractivity (Wildman–Crippen MR) is 78.7 cm³/mol. The standard InChI is InChI=1S/C14H20N2O2S/c1-10-4-3-5-11(2)13(10)18-7-6-15-14(17)12-8-19-9-16-12/h3-5,12,16H,6-9H2,1-2H3,(H,15,17). The Morgan fingerprint density at radius 1 is 1.47 bits per heavy atom. The summed E-state index contributed by atoms with van der Waals surface area (Å²) in [5, 5.41) is 6.04. The Balaban J connectivity index is 1.73. The van der Waals surface area contributed by atoms with Crippen LogP contribution in [-0.4, -0.2) is 36.7 Å². The Labute approximate surface area is 118 Å². The lowest BCUT2D eigenvalue weighted by atomic mass is 10.1. The van der Waals surface area contributed by atoms with Gasteiger partial charge in [-0.05, 0) is 25.0 Å². The van der Waals surface area contributed by atoms with Crippen LogP contribution in [0.4, 0.5) is 0 Å². The monoisotopic (exact) mass is 280 g/mol. The average molecular weight is 280 g/mol. The number of aryl methyl sites for hydroxylation is 2. The number of thioether (sulfide) groups is 1. The minimum Gasteiger partial charge on any atom is -0.491 e. The van der Waals surface area contributed by atoms with Crippen LogP contribution in [-0.2, 0) is 4.79 Å². The van der Waals surface area contributed by atoms with Crippen molar-refractivity contribution in [1.82, 2.24) is 10.6 Å². The fourth-order valence-corrected chi connectivity index (χ4v) is 2.98. The van der Waals surface area contributed by atoms with Crippen molar-refractivity contribution in [2.45, 2.75) is 19.9 Å². The largest absolute Gasteiger partial charge is 0.491 e. The first-order chi connectivity index (χ1) is 9.18. The maximum absolute atomic E-state index is 11.7. The summed E-state index contributed by atoms with van der Waals surface area (Å²) >= 11 is 1.75. The number of rotatable bonds is 5. The van der Waals surface area contributed by atoms with Crippen LogP contribution >= 0.6 is 11.8 Å². The third kappa shape index (κ3) is 3.88. The fourth-order valence-electron chi connectivity index (χ4n) is 2.04. The van der Waals surface area contributed by atoms with Gasteiger partial charge in [0.1, 0.15) is 12.4 Å². The van der Waals surface area contributed by atoms with Crippen LogP contribution in [0, 0.1) is 13.8 Å². The van der Waals surface area contributed by atoms with Crippen molar-refractivity contribution in [3.8, 4) is 5.75 Å². The molecule has 0 bridgehead atoms. The van der Waals surface area contributed by atoms with Gasteiger partial charge in [-0.25, -0.2) is 0 Å². The first-order valence-electron chi connectivity index (χ1n) is 6.46. The quantitative estimate of drug-likeness (QED) is 0.802. The summed E-state index contributed by atoms with van der Waals surface area (Å²) in [6.45, 7) is 5.09. The normalized spacial score (nSPS) is 18.3.